The van der Waals surface area contributed by atoms with Crippen LogP contribution in [-0.2, 0) is 4.74 Å². The van der Waals surface area contributed by atoms with Crippen molar-refractivity contribution in [3.05, 3.63) is 30.1 Å². The number of aromatic nitrogens is 1. The van der Waals surface area contributed by atoms with Gasteiger partial charge in [0.25, 0.3) is 0 Å². The van der Waals surface area contributed by atoms with Crippen molar-refractivity contribution in [2.45, 2.75) is 70.6 Å². The van der Waals surface area contributed by atoms with Crippen LogP contribution in [0, 0.1) is 5.41 Å². The first-order chi connectivity index (χ1) is 10.3. The number of hydrogen-bond donors (Lipinski definition) is 1. The van der Waals surface area contributed by atoms with E-state index in [1.54, 1.807) is 0 Å². The van der Waals surface area contributed by atoms with Crippen molar-refractivity contribution in [1.82, 2.24) is 10.3 Å². The molecule has 0 bridgehead atoms. The highest BCUT2D eigenvalue weighted by Gasteiger charge is 2.55. The molecule has 3 rings (SSSR count). The molecule has 1 N–H and O–H groups in total. The second-order valence-electron chi connectivity index (χ2n) is 6.69. The van der Waals surface area contributed by atoms with Gasteiger partial charge in [0.15, 0.2) is 0 Å². The lowest BCUT2D eigenvalue weighted by molar-refractivity contribution is -0.152. The lowest BCUT2D eigenvalue weighted by Crippen LogP contribution is -2.64. The van der Waals surface area contributed by atoms with Gasteiger partial charge in [-0.3, -0.25) is 4.98 Å². The maximum atomic E-state index is 6.04. The minimum absolute atomic E-state index is 0.388. The summed E-state index contributed by atoms with van der Waals surface area (Å²) in [5.74, 6) is 0. The van der Waals surface area contributed by atoms with E-state index in [1.165, 1.54) is 44.1 Å². The summed E-state index contributed by atoms with van der Waals surface area (Å²) in [6, 6.07) is 5.23. The van der Waals surface area contributed by atoms with Gasteiger partial charge < -0.3 is 10.1 Å². The molecule has 1 heterocycles. The molecule has 2 aliphatic rings. The summed E-state index contributed by atoms with van der Waals surface area (Å²) >= 11 is 0. The van der Waals surface area contributed by atoms with Crippen LogP contribution in [-0.4, -0.2) is 23.7 Å². The van der Waals surface area contributed by atoms with Crippen LogP contribution in [0.15, 0.2) is 24.5 Å². The zero-order valence-electron chi connectivity index (χ0n) is 13.3. The van der Waals surface area contributed by atoms with E-state index in [2.05, 4.69) is 36.3 Å². The Bertz CT molecular complexity index is 442. The highest BCUT2D eigenvalue weighted by atomic mass is 16.5. The molecule has 116 valence electrons. The molecular weight excluding hydrogens is 260 g/mol. The largest absolute Gasteiger partial charge is 0.378 e. The summed E-state index contributed by atoms with van der Waals surface area (Å²) in [6.45, 7) is 5.23. The first-order valence-electron chi connectivity index (χ1n) is 8.54. The molecule has 2 aliphatic carbocycles. The average molecular weight is 288 g/mol. The van der Waals surface area contributed by atoms with Crippen LogP contribution in [0.5, 0.6) is 0 Å². The van der Waals surface area contributed by atoms with Crippen molar-refractivity contribution in [3.8, 4) is 0 Å². The van der Waals surface area contributed by atoms with Gasteiger partial charge in [0.2, 0.25) is 0 Å². The van der Waals surface area contributed by atoms with Crippen molar-refractivity contribution < 1.29 is 4.74 Å². The van der Waals surface area contributed by atoms with Gasteiger partial charge in [-0.15, -0.1) is 0 Å². The predicted octanol–water partition coefficient (Wildman–Crippen LogP) is 3.86. The van der Waals surface area contributed by atoms with Gasteiger partial charge in [-0.2, -0.15) is 0 Å². The van der Waals surface area contributed by atoms with Crippen LogP contribution >= 0.6 is 0 Å². The van der Waals surface area contributed by atoms with E-state index in [1.807, 2.05) is 12.4 Å². The van der Waals surface area contributed by atoms with Crippen LogP contribution in [0.1, 0.15) is 64.0 Å². The van der Waals surface area contributed by atoms with Gasteiger partial charge in [-0.1, -0.05) is 19.3 Å². The number of ether oxygens (including phenoxy) is 1. The summed E-state index contributed by atoms with van der Waals surface area (Å²) in [4.78, 5) is 4.11. The molecule has 1 spiro atoms. The molecule has 0 saturated heterocycles. The molecule has 1 aromatic heterocycles. The third-order valence-corrected chi connectivity index (χ3v) is 5.59. The second kappa shape index (κ2) is 6.45. The number of nitrogens with one attached hydrogen (secondary N) is 1. The fourth-order valence-corrected chi connectivity index (χ4v) is 4.35. The molecule has 2 fully saturated rings. The van der Waals surface area contributed by atoms with Crippen molar-refractivity contribution in [3.63, 3.8) is 0 Å². The van der Waals surface area contributed by atoms with Crippen LogP contribution in [0.25, 0.3) is 0 Å². The van der Waals surface area contributed by atoms with E-state index in [-0.39, 0.29) is 0 Å². The standard InChI is InChI=1S/C18H28N2O/c1-3-21-17-13-16(18(17)9-5-4-6-10-18)20-14(2)15-7-11-19-12-8-15/h7-8,11-12,14,16-17,20H,3-6,9-10,13H2,1-2H3/t14-,16?,17?/m0/s1. The van der Waals surface area contributed by atoms with Gasteiger partial charge >= 0.3 is 0 Å². The Kier molecular flexibility index (Phi) is 4.60. The van der Waals surface area contributed by atoms with Crippen LogP contribution in [0.4, 0.5) is 0 Å². The molecule has 0 radical (unpaired) electrons. The van der Waals surface area contributed by atoms with E-state index in [0.29, 0.717) is 23.6 Å². The van der Waals surface area contributed by atoms with Crippen molar-refractivity contribution >= 4 is 0 Å². The predicted molar refractivity (Wildman–Crippen MR) is 85.1 cm³/mol. The molecule has 0 aliphatic heterocycles. The fraction of sp³-hybridized carbons (Fsp3) is 0.722. The van der Waals surface area contributed by atoms with Gasteiger partial charge in [-0.05, 0) is 50.8 Å². The zero-order chi connectivity index (χ0) is 14.7. The monoisotopic (exact) mass is 288 g/mol. The third kappa shape index (κ3) is 2.86. The van der Waals surface area contributed by atoms with Crippen molar-refractivity contribution in [2.24, 2.45) is 5.41 Å². The average Bonchev–Trinajstić information content (AvgIpc) is 2.55. The molecule has 3 nitrogen and oxygen atoms in total. The fourth-order valence-electron chi connectivity index (χ4n) is 4.35. The Morgan fingerprint density at radius 3 is 2.67 bits per heavy atom. The normalized spacial score (nSPS) is 29.0. The number of nitrogens with zero attached hydrogens (tertiary/aromatic N) is 1. The Morgan fingerprint density at radius 1 is 1.29 bits per heavy atom. The Hall–Kier alpha value is -0.930. The van der Waals surface area contributed by atoms with E-state index < -0.39 is 0 Å². The minimum Gasteiger partial charge on any atom is -0.378 e. The highest BCUT2D eigenvalue weighted by Crippen LogP contribution is 2.53. The molecule has 1 aromatic rings. The molecule has 0 aromatic carbocycles. The maximum Gasteiger partial charge on any atom is 0.0661 e. The van der Waals surface area contributed by atoms with Crippen molar-refractivity contribution in [1.29, 1.82) is 0 Å². The lowest BCUT2D eigenvalue weighted by Gasteiger charge is -2.58. The summed E-state index contributed by atoms with van der Waals surface area (Å²) in [6.07, 6.45) is 12.2. The third-order valence-electron chi connectivity index (χ3n) is 5.59. The quantitative estimate of drug-likeness (QED) is 0.893. The van der Waals surface area contributed by atoms with Gasteiger partial charge in [-0.25, -0.2) is 0 Å². The van der Waals surface area contributed by atoms with Gasteiger partial charge in [0, 0.05) is 36.5 Å². The van der Waals surface area contributed by atoms with E-state index in [0.717, 1.165) is 6.61 Å². The number of rotatable bonds is 5. The van der Waals surface area contributed by atoms with E-state index in [9.17, 15) is 0 Å². The Labute approximate surface area is 128 Å². The second-order valence-corrected chi connectivity index (χ2v) is 6.69. The maximum absolute atomic E-state index is 6.04. The Balaban J connectivity index is 1.67. The first-order valence-corrected chi connectivity index (χ1v) is 8.54. The molecular formula is C18H28N2O. The topological polar surface area (TPSA) is 34.1 Å². The summed E-state index contributed by atoms with van der Waals surface area (Å²) in [7, 11) is 0. The first kappa shape index (κ1) is 15.0. The zero-order valence-corrected chi connectivity index (χ0v) is 13.3. The summed E-state index contributed by atoms with van der Waals surface area (Å²) in [5, 5.41) is 3.87. The lowest BCUT2D eigenvalue weighted by atomic mass is 9.55. The van der Waals surface area contributed by atoms with E-state index >= 15 is 0 Å². The minimum atomic E-state index is 0.388. The molecule has 2 saturated carbocycles. The smallest absolute Gasteiger partial charge is 0.0661 e. The molecule has 21 heavy (non-hydrogen) atoms. The highest BCUT2D eigenvalue weighted by molar-refractivity contribution is 5.17. The number of hydrogen-bond acceptors (Lipinski definition) is 3. The Morgan fingerprint density at radius 2 is 2.00 bits per heavy atom. The van der Waals surface area contributed by atoms with E-state index in [4.69, 9.17) is 4.74 Å². The summed E-state index contributed by atoms with van der Waals surface area (Å²) < 4.78 is 6.04. The molecule has 2 unspecified atom stereocenters. The number of pyridine rings is 1. The molecule has 3 atom stereocenters. The van der Waals surface area contributed by atoms with Crippen molar-refractivity contribution in [2.75, 3.05) is 6.61 Å². The molecule has 3 heteroatoms. The summed E-state index contributed by atoms with van der Waals surface area (Å²) in [5.41, 5.74) is 1.73. The van der Waals surface area contributed by atoms with Crippen LogP contribution in [0.2, 0.25) is 0 Å². The van der Waals surface area contributed by atoms with Gasteiger partial charge in [0.05, 0.1) is 6.10 Å². The molecule has 0 amide bonds. The van der Waals surface area contributed by atoms with Crippen LogP contribution in [0.3, 0.4) is 0 Å². The SMILES string of the molecule is CCOC1CC(N[C@@H](C)c2ccncc2)C12CCCCC2. The van der Waals surface area contributed by atoms with Gasteiger partial charge in [0.1, 0.15) is 0 Å². The van der Waals surface area contributed by atoms with Crippen LogP contribution < -0.4 is 5.32 Å².